The fraction of sp³-hybridized carbons (Fsp3) is 0.571. The molecular weight excluding hydrogens is 212 g/mol. The molecule has 0 radical (unpaired) electrons. The summed E-state index contributed by atoms with van der Waals surface area (Å²) in [7, 11) is 0. The van der Waals surface area contributed by atoms with Crippen LogP contribution in [0.2, 0.25) is 0 Å². The minimum atomic E-state index is 0.334. The molecule has 1 aliphatic rings. The van der Waals surface area contributed by atoms with Crippen LogP contribution in [0.25, 0.3) is 0 Å². The van der Waals surface area contributed by atoms with Crippen molar-refractivity contribution < 1.29 is 5.11 Å². The maximum Gasteiger partial charge on any atom is 0.115 e. The lowest BCUT2D eigenvalue weighted by Gasteiger charge is -2.36. The van der Waals surface area contributed by atoms with E-state index in [1.807, 2.05) is 12.1 Å². The minimum Gasteiger partial charge on any atom is -0.508 e. The summed E-state index contributed by atoms with van der Waals surface area (Å²) >= 11 is 0. The number of nitrogens with zero attached hydrogens (tertiary/aromatic N) is 1. The lowest BCUT2D eigenvalue weighted by molar-refractivity contribution is 0.145. The quantitative estimate of drug-likeness (QED) is 0.840. The van der Waals surface area contributed by atoms with Crippen LogP contribution in [-0.2, 0) is 6.54 Å². The molecule has 0 saturated carbocycles. The normalized spacial score (nSPS) is 26.0. The van der Waals surface area contributed by atoms with E-state index in [1.165, 1.54) is 5.56 Å². The van der Waals surface area contributed by atoms with Gasteiger partial charge in [0.2, 0.25) is 0 Å². The highest BCUT2D eigenvalue weighted by molar-refractivity contribution is 5.25. The van der Waals surface area contributed by atoms with Gasteiger partial charge in [-0.05, 0) is 36.6 Å². The number of nitrogens with two attached hydrogens (primary N) is 1. The van der Waals surface area contributed by atoms with Crippen molar-refractivity contribution in [3.8, 4) is 5.75 Å². The number of likely N-dealkylation sites (tertiary alicyclic amines) is 1. The molecule has 1 aromatic carbocycles. The van der Waals surface area contributed by atoms with E-state index in [-0.39, 0.29) is 0 Å². The van der Waals surface area contributed by atoms with Crippen LogP contribution in [0, 0.1) is 5.92 Å². The lowest BCUT2D eigenvalue weighted by atomic mass is 9.90. The molecule has 3 heteroatoms. The topological polar surface area (TPSA) is 49.5 Å². The average Bonchev–Trinajstić information content (AvgIpc) is 2.34. The molecule has 0 bridgehead atoms. The van der Waals surface area contributed by atoms with Crippen LogP contribution in [0.5, 0.6) is 5.75 Å². The Labute approximate surface area is 103 Å². The first kappa shape index (κ1) is 12.4. The van der Waals surface area contributed by atoms with E-state index >= 15 is 0 Å². The number of aromatic hydroxyl groups is 1. The van der Waals surface area contributed by atoms with Gasteiger partial charge in [-0.3, -0.25) is 4.90 Å². The molecule has 1 heterocycles. The van der Waals surface area contributed by atoms with Crippen molar-refractivity contribution in [3.63, 3.8) is 0 Å². The van der Waals surface area contributed by atoms with Gasteiger partial charge < -0.3 is 10.8 Å². The van der Waals surface area contributed by atoms with E-state index in [9.17, 15) is 5.11 Å². The molecular formula is C14H22N2O. The molecule has 1 saturated heterocycles. The third kappa shape index (κ3) is 3.20. The van der Waals surface area contributed by atoms with Crippen molar-refractivity contribution >= 4 is 0 Å². The van der Waals surface area contributed by atoms with Gasteiger partial charge in [0.05, 0.1) is 0 Å². The second kappa shape index (κ2) is 5.52. The fourth-order valence-electron chi connectivity index (χ4n) is 2.56. The number of hydrogen-bond acceptors (Lipinski definition) is 3. The highest BCUT2D eigenvalue weighted by Gasteiger charge is 2.24. The van der Waals surface area contributed by atoms with Crippen molar-refractivity contribution in [2.75, 3.05) is 13.1 Å². The van der Waals surface area contributed by atoms with Gasteiger partial charge in [0, 0.05) is 19.1 Å². The molecule has 94 valence electrons. The number of phenols is 1. The van der Waals surface area contributed by atoms with E-state index in [2.05, 4.69) is 11.8 Å². The Kier molecular flexibility index (Phi) is 4.02. The summed E-state index contributed by atoms with van der Waals surface area (Å²) in [5.74, 6) is 0.960. The number of piperidine rings is 1. The van der Waals surface area contributed by atoms with Crippen molar-refractivity contribution in [2.24, 2.45) is 11.7 Å². The largest absolute Gasteiger partial charge is 0.508 e. The zero-order valence-corrected chi connectivity index (χ0v) is 10.5. The predicted octanol–water partition coefficient (Wildman–Crippen LogP) is 1.95. The predicted molar refractivity (Wildman–Crippen MR) is 69.8 cm³/mol. The first-order valence-electron chi connectivity index (χ1n) is 6.45. The molecule has 0 spiro atoms. The monoisotopic (exact) mass is 234 g/mol. The average molecular weight is 234 g/mol. The second-order valence-corrected chi connectivity index (χ2v) is 5.02. The molecule has 1 aromatic rings. The Morgan fingerprint density at radius 1 is 1.35 bits per heavy atom. The Morgan fingerprint density at radius 3 is 2.71 bits per heavy atom. The zero-order valence-electron chi connectivity index (χ0n) is 10.5. The van der Waals surface area contributed by atoms with Gasteiger partial charge in [0.1, 0.15) is 5.75 Å². The first-order chi connectivity index (χ1) is 8.19. The van der Waals surface area contributed by atoms with Crippen molar-refractivity contribution in [1.82, 2.24) is 4.90 Å². The third-order valence-corrected chi connectivity index (χ3v) is 3.74. The molecule has 3 N–H and O–H groups in total. The summed E-state index contributed by atoms with van der Waals surface area (Å²) in [4.78, 5) is 2.46. The van der Waals surface area contributed by atoms with Crippen LogP contribution in [0.15, 0.2) is 24.3 Å². The first-order valence-corrected chi connectivity index (χ1v) is 6.45. The smallest absolute Gasteiger partial charge is 0.115 e. The SMILES string of the molecule is CCC1CN(Cc2ccc(O)cc2)CCC1N. The number of rotatable bonds is 3. The van der Waals surface area contributed by atoms with Crippen LogP contribution >= 0.6 is 0 Å². The van der Waals surface area contributed by atoms with Gasteiger partial charge in [-0.2, -0.15) is 0 Å². The summed E-state index contributed by atoms with van der Waals surface area (Å²) in [6.45, 7) is 5.36. The molecule has 3 nitrogen and oxygen atoms in total. The lowest BCUT2D eigenvalue weighted by Crippen LogP contribution is -2.46. The van der Waals surface area contributed by atoms with Crippen molar-refractivity contribution in [1.29, 1.82) is 0 Å². The molecule has 0 amide bonds. The standard InChI is InChI=1S/C14H22N2O/c1-2-12-10-16(8-7-14(12)15)9-11-3-5-13(17)6-4-11/h3-6,12,14,17H,2,7-10,15H2,1H3. The number of benzene rings is 1. The maximum absolute atomic E-state index is 9.25. The maximum atomic E-state index is 9.25. The Hall–Kier alpha value is -1.06. The Bertz CT molecular complexity index is 350. The molecule has 1 aliphatic heterocycles. The summed E-state index contributed by atoms with van der Waals surface area (Å²) in [5.41, 5.74) is 7.36. The van der Waals surface area contributed by atoms with E-state index in [1.54, 1.807) is 12.1 Å². The third-order valence-electron chi connectivity index (χ3n) is 3.74. The van der Waals surface area contributed by atoms with Crippen LogP contribution in [-0.4, -0.2) is 29.1 Å². The molecule has 0 aromatic heterocycles. The summed E-state index contributed by atoms with van der Waals surface area (Å²) in [5, 5.41) is 9.25. The van der Waals surface area contributed by atoms with E-state index < -0.39 is 0 Å². The minimum absolute atomic E-state index is 0.334. The molecule has 1 fully saturated rings. The molecule has 2 rings (SSSR count). The zero-order chi connectivity index (χ0) is 12.3. The van der Waals surface area contributed by atoms with Crippen molar-refractivity contribution in [3.05, 3.63) is 29.8 Å². The molecule has 2 unspecified atom stereocenters. The van der Waals surface area contributed by atoms with Gasteiger partial charge in [-0.1, -0.05) is 25.5 Å². The summed E-state index contributed by atoms with van der Waals surface area (Å²) < 4.78 is 0. The second-order valence-electron chi connectivity index (χ2n) is 5.02. The molecule has 17 heavy (non-hydrogen) atoms. The Morgan fingerprint density at radius 2 is 2.06 bits per heavy atom. The van der Waals surface area contributed by atoms with Gasteiger partial charge in [0.25, 0.3) is 0 Å². The van der Waals surface area contributed by atoms with Gasteiger partial charge in [-0.25, -0.2) is 0 Å². The van der Waals surface area contributed by atoms with Crippen LogP contribution in [0.1, 0.15) is 25.3 Å². The van der Waals surface area contributed by atoms with Gasteiger partial charge >= 0.3 is 0 Å². The Balaban J connectivity index is 1.93. The van der Waals surface area contributed by atoms with E-state index in [0.29, 0.717) is 17.7 Å². The number of phenolic OH excluding ortho intramolecular Hbond substituents is 1. The highest BCUT2D eigenvalue weighted by atomic mass is 16.3. The van der Waals surface area contributed by atoms with E-state index in [4.69, 9.17) is 5.73 Å². The number of hydrogen-bond donors (Lipinski definition) is 2. The highest BCUT2D eigenvalue weighted by Crippen LogP contribution is 2.20. The summed E-state index contributed by atoms with van der Waals surface area (Å²) in [6.07, 6.45) is 2.25. The van der Waals surface area contributed by atoms with Crippen LogP contribution < -0.4 is 5.73 Å². The van der Waals surface area contributed by atoms with Crippen LogP contribution in [0.3, 0.4) is 0 Å². The molecule has 2 atom stereocenters. The van der Waals surface area contributed by atoms with Gasteiger partial charge in [-0.15, -0.1) is 0 Å². The fourth-order valence-corrected chi connectivity index (χ4v) is 2.56. The van der Waals surface area contributed by atoms with Crippen LogP contribution in [0.4, 0.5) is 0 Å². The van der Waals surface area contributed by atoms with Gasteiger partial charge in [0.15, 0.2) is 0 Å². The summed E-state index contributed by atoms with van der Waals surface area (Å²) in [6, 6.07) is 7.86. The van der Waals surface area contributed by atoms with Crippen molar-refractivity contribution in [2.45, 2.75) is 32.4 Å². The van der Waals surface area contributed by atoms with E-state index in [0.717, 1.165) is 32.5 Å². The molecule has 0 aliphatic carbocycles.